The van der Waals surface area contributed by atoms with E-state index in [0.29, 0.717) is 19.0 Å². The molecule has 1 aromatic carbocycles. The number of benzene rings is 1. The zero-order valence-electron chi connectivity index (χ0n) is 13.4. The predicted molar refractivity (Wildman–Crippen MR) is 89.6 cm³/mol. The summed E-state index contributed by atoms with van der Waals surface area (Å²) in [5.41, 5.74) is 2.96. The summed E-state index contributed by atoms with van der Waals surface area (Å²) in [5, 5.41) is 0. The zero-order valence-corrected chi connectivity index (χ0v) is 14.2. The van der Waals surface area contributed by atoms with Crippen molar-refractivity contribution in [2.24, 2.45) is 0 Å². The number of rotatable bonds is 3. The molecule has 2 fully saturated rings. The molecule has 5 heteroatoms. The van der Waals surface area contributed by atoms with Crippen molar-refractivity contribution in [3.63, 3.8) is 0 Å². The van der Waals surface area contributed by atoms with Crippen molar-refractivity contribution in [1.29, 1.82) is 0 Å². The van der Waals surface area contributed by atoms with Gasteiger partial charge in [0.1, 0.15) is 0 Å². The van der Waals surface area contributed by atoms with Crippen LogP contribution in [0.3, 0.4) is 0 Å². The first kappa shape index (κ1) is 15.5. The van der Waals surface area contributed by atoms with Gasteiger partial charge in [0.05, 0.1) is 19.0 Å². The number of ether oxygens (including phenoxy) is 2. The molecule has 2 saturated heterocycles. The fraction of sp³-hybridized carbons (Fsp3) is 0.611. The lowest BCUT2D eigenvalue weighted by Crippen LogP contribution is -2.47. The molecule has 1 aliphatic carbocycles. The predicted octanol–water partition coefficient (Wildman–Crippen LogP) is 2.63. The molecule has 3 aliphatic rings. The second-order valence-electron chi connectivity index (χ2n) is 6.56. The minimum atomic E-state index is -0.399. The largest absolute Gasteiger partial charge is 0.347 e. The van der Waals surface area contributed by atoms with Crippen LogP contribution in [0.1, 0.15) is 30.4 Å². The number of likely N-dealkylation sites (tertiary alicyclic amines) is 1. The fourth-order valence-corrected chi connectivity index (χ4v) is 4.62. The van der Waals surface area contributed by atoms with Gasteiger partial charge in [-0.15, -0.1) is 11.8 Å². The third kappa shape index (κ3) is 3.28. The van der Waals surface area contributed by atoms with E-state index in [1.807, 2.05) is 4.90 Å². The Balaban J connectivity index is 1.29. The van der Waals surface area contributed by atoms with Gasteiger partial charge in [0, 0.05) is 30.8 Å². The quantitative estimate of drug-likeness (QED) is 0.797. The highest BCUT2D eigenvalue weighted by molar-refractivity contribution is 8.00. The topological polar surface area (TPSA) is 38.8 Å². The number of carbonyl (C=O) groups excluding carboxylic acids is 1. The van der Waals surface area contributed by atoms with Gasteiger partial charge in [-0.1, -0.05) is 6.07 Å². The lowest BCUT2D eigenvalue weighted by molar-refractivity contribution is -0.186. The van der Waals surface area contributed by atoms with E-state index in [1.165, 1.54) is 35.3 Å². The van der Waals surface area contributed by atoms with Crippen LogP contribution in [-0.2, 0) is 27.1 Å². The summed E-state index contributed by atoms with van der Waals surface area (Å²) in [6.45, 7) is 2.84. The van der Waals surface area contributed by atoms with Gasteiger partial charge in [0.15, 0.2) is 5.79 Å². The van der Waals surface area contributed by atoms with E-state index in [1.54, 1.807) is 11.8 Å². The van der Waals surface area contributed by atoms with Crippen molar-refractivity contribution >= 4 is 17.7 Å². The SMILES string of the molecule is O=C(CSc1ccc2c(c1)CCC2)N1CCC2(CC1)OCCO2. The van der Waals surface area contributed by atoms with Gasteiger partial charge in [0.25, 0.3) is 0 Å². The Bertz CT molecular complexity index is 588. The van der Waals surface area contributed by atoms with Crippen molar-refractivity contribution in [2.75, 3.05) is 32.1 Å². The maximum absolute atomic E-state index is 12.4. The number of amides is 1. The first-order chi connectivity index (χ1) is 11.2. The summed E-state index contributed by atoms with van der Waals surface area (Å²) in [5.74, 6) is 0.348. The molecular weight excluding hydrogens is 310 g/mol. The van der Waals surface area contributed by atoms with Gasteiger partial charge in [-0.05, 0) is 42.5 Å². The maximum atomic E-state index is 12.4. The molecule has 4 nitrogen and oxygen atoms in total. The molecule has 124 valence electrons. The van der Waals surface area contributed by atoms with Crippen LogP contribution in [0.15, 0.2) is 23.1 Å². The van der Waals surface area contributed by atoms with Crippen molar-refractivity contribution < 1.29 is 14.3 Å². The zero-order chi connectivity index (χ0) is 15.7. The summed E-state index contributed by atoms with van der Waals surface area (Å²) in [7, 11) is 0. The number of aryl methyl sites for hydroxylation is 2. The van der Waals surface area contributed by atoms with E-state index in [9.17, 15) is 4.79 Å². The van der Waals surface area contributed by atoms with Crippen LogP contribution in [0.5, 0.6) is 0 Å². The summed E-state index contributed by atoms with van der Waals surface area (Å²) >= 11 is 1.66. The molecule has 0 N–H and O–H groups in total. The van der Waals surface area contributed by atoms with Gasteiger partial charge in [-0.25, -0.2) is 0 Å². The van der Waals surface area contributed by atoms with Crippen molar-refractivity contribution in [3.8, 4) is 0 Å². The lowest BCUT2D eigenvalue weighted by Gasteiger charge is -2.37. The van der Waals surface area contributed by atoms with Crippen molar-refractivity contribution in [1.82, 2.24) is 4.90 Å². The summed E-state index contributed by atoms with van der Waals surface area (Å²) in [6.07, 6.45) is 5.25. The fourth-order valence-electron chi connectivity index (χ4n) is 3.76. The van der Waals surface area contributed by atoms with E-state index in [4.69, 9.17) is 9.47 Å². The van der Waals surface area contributed by atoms with Gasteiger partial charge in [-0.3, -0.25) is 4.79 Å². The second-order valence-corrected chi connectivity index (χ2v) is 7.61. The summed E-state index contributed by atoms with van der Waals surface area (Å²) in [6, 6.07) is 6.66. The molecule has 0 bridgehead atoms. The summed E-state index contributed by atoms with van der Waals surface area (Å²) < 4.78 is 11.4. The molecule has 23 heavy (non-hydrogen) atoms. The standard InChI is InChI=1S/C18H23NO3S/c20-17(19-8-6-18(7-9-19)21-10-11-22-18)13-23-16-5-4-14-2-1-3-15(14)12-16/h4-5,12H,1-3,6-11,13H2. The smallest absolute Gasteiger partial charge is 0.232 e. The highest BCUT2D eigenvalue weighted by Gasteiger charge is 2.40. The van der Waals surface area contributed by atoms with E-state index in [0.717, 1.165) is 25.9 Å². The number of carbonyl (C=O) groups is 1. The first-order valence-electron chi connectivity index (χ1n) is 8.54. The number of piperidine rings is 1. The minimum absolute atomic E-state index is 0.225. The molecule has 4 rings (SSSR count). The Labute approximate surface area is 141 Å². The van der Waals surface area contributed by atoms with Gasteiger partial charge < -0.3 is 14.4 Å². The molecule has 0 radical (unpaired) electrons. The van der Waals surface area contributed by atoms with Crippen molar-refractivity contribution in [2.45, 2.75) is 42.8 Å². The molecule has 1 spiro atoms. The van der Waals surface area contributed by atoms with E-state index < -0.39 is 5.79 Å². The van der Waals surface area contributed by atoms with Crippen LogP contribution in [0.25, 0.3) is 0 Å². The second kappa shape index (κ2) is 6.46. The normalized spacial score (nSPS) is 22.5. The molecular formula is C18H23NO3S. The molecule has 0 unspecified atom stereocenters. The van der Waals surface area contributed by atoms with E-state index in [-0.39, 0.29) is 5.91 Å². The van der Waals surface area contributed by atoms with Crippen LogP contribution in [0.2, 0.25) is 0 Å². The Kier molecular flexibility index (Phi) is 4.35. The molecule has 1 aromatic rings. The monoisotopic (exact) mass is 333 g/mol. The van der Waals surface area contributed by atoms with Crippen LogP contribution < -0.4 is 0 Å². The number of thioether (sulfide) groups is 1. The van der Waals surface area contributed by atoms with Crippen LogP contribution in [0, 0.1) is 0 Å². The van der Waals surface area contributed by atoms with Crippen LogP contribution >= 0.6 is 11.8 Å². The number of hydrogen-bond donors (Lipinski definition) is 0. The van der Waals surface area contributed by atoms with Gasteiger partial charge in [0.2, 0.25) is 5.91 Å². The number of fused-ring (bicyclic) bond motifs is 1. The molecule has 2 heterocycles. The van der Waals surface area contributed by atoms with E-state index in [2.05, 4.69) is 18.2 Å². The van der Waals surface area contributed by atoms with Crippen LogP contribution in [-0.4, -0.2) is 48.7 Å². The third-order valence-electron chi connectivity index (χ3n) is 5.12. The molecule has 1 amide bonds. The molecule has 0 saturated carbocycles. The molecule has 0 aromatic heterocycles. The lowest BCUT2D eigenvalue weighted by atomic mass is 10.0. The average molecular weight is 333 g/mol. The first-order valence-corrected chi connectivity index (χ1v) is 9.53. The number of nitrogens with zero attached hydrogens (tertiary/aromatic N) is 1. The van der Waals surface area contributed by atoms with E-state index >= 15 is 0 Å². The third-order valence-corrected chi connectivity index (χ3v) is 6.10. The Morgan fingerprint density at radius 3 is 2.65 bits per heavy atom. The van der Waals surface area contributed by atoms with Crippen molar-refractivity contribution in [3.05, 3.63) is 29.3 Å². The summed E-state index contributed by atoms with van der Waals surface area (Å²) in [4.78, 5) is 15.6. The maximum Gasteiger partial charge on any atom is 0.232 e. The number of hydrogen-bond acceptors (Lipinski definition) is 4. The van der Waals surface area contributed by atoms with Crippen LogP contribution in [0.4, 0.5) is 0 Å². The highest BCUT2D eigenvalue weighted by atomic mass is 32.2. The minimum Gasteiger partial charge on any atom is -0.347 e. The average Bonchev–Trinajstić information content (AvgIpc) is 3.22. The highest BCUT2D eigenvalue weighted by Crippen LogP contribution is 2.32. The molecule has 2 aliphatic heterocycles. The van der Waals surface area contributed by atoms with Gasteiger partial charge >= 0.3 is 0 Å². The molecule has 0 atom stereocenters. The Hall–Kier alpha value is -1.04. The Morgan fingerprint density at radius 1 is 1.13 bits per heavy atom. The van der Waals surface area contributed by atoms with Gasteiger partial charge in [-0.2, -0.15) is 0 Å². The Morgan fingerprint density at radius 2 is 1.87 bits per heavy atom.